The van der Waals surface area contributed by atoms with Gasteiger partial charge in [0.25, 0.3) is 0 Å². The number of hydrogen-bond donors (Lipinski definition) is 1. The van der Waals surface area contributed by atoms with Crippen molar-refractivity contribution in [1.29, 1.82) is 0 Å². The van der Waals surface area contributed by atoms with Gasteiger partial charge in [0.05, 0.1) is 5.92 Å². The molecule has 0 bridgehead atoms. The number of rotatable bonds is 7. The maximum atomic E-state index is 10.6. The second-order valence-corrected chi connectivity index (χ2v) is 4.78. The molecular weight excluding hydrogens is 188 g/mol. The van der Waals surface area contributed by atoms with E-state index < -0.39 is 5.97 Å². The van der Waals surface area contributed by atoms with Crippen LogP contribution in [0.25, 0.3) is 0 Å². The first kappa shape index (κ1) is 14.2. The monoisotopic (exact) mass is 212 g/mol. The molecule has 0 aliphatic carbocycles. The Morgan fingerprint density at radius 3 is 2.27 bits per heavy atom. The normalized spacial score (nSPS) is 14.4. The third kappa shape index (κ3) is 8.22. The molecule has 0 heterocycles. The minimum absolute atomic E-state index is 0.198. The van der Waals surface area contributed by atoms with Gasteiger partial charge in [-0.25, -0.2) is 0 Å². The zero-order chi connectivity index (χ0) is 11.8. The highest BCUT2D eigenvalue weighted by Gasteiger charge is 2.12. The summed E-state index contributed by atoms with van der Waals surface area (Å²) in [5.41, 5.74) is 1.36. The van der Waals surface area contributed by atoms with Crippen molar-refractivity contribution in [3.63, 3.8) is 0 Å². The van der Waals surface area contributed by atoms with Crippen molar-refractivity contribution in [2.45, 2.75) is 53.4 Å². The van der Waals surface area contributed by atoms with Crippen LogP contribution >= 0.6 is 0 Å². The Kier molecular flexibility index (Phi) is 7.10. The van der Waals surface area contributed by atoms with E-state index >= 15 is 0 Å². The highest BCUT2D eigenvalue weighted by molar-refractivity contribution is 5.69. The Balaban J connectivity index is 3.62. The molecule has 0 aromatic heterocycles. The first-order valence-corrected chi connectivity index (χ1v) is 5.79. The van der Waals surface area contributed by atoms with Crippen LogP contribution < -0.4 is 0 Å². The fourth-order valence-corrected chi connectivity index (χ4v) is 1.46. The molecule has 88 valence electrons. The standard InChI is InChI=1S/C13H24O2/c1-10(2)6-5-7-11(3)8-9-12(4)13(14)15/h6,11-12H,5,7-9H2,1-4H3,(H,14,15). The van der Waals surface area contributed by atoms with E-state index in [-0.39, 0.29) is 5.92 Å². The van der Waals surface area contributed by atoms with Gasteiger partial charge in [-0.2, -0.15) is 0 Å². The van der Waals surface area contributed by atoms with Crippen LogP contribution in [0.3, 0.4) is 0 Å². The molecule has 0 aromatic rings. The van der Waals surface area contributed by atoms with Crippen LogP contribution in [0.4, 0.5) is 0 Å². The largest absolute Gasteiger partial charge is 0.481 e. The second-order valence-electron chi connectivity index (χ2n) is 4.78. The zero-order valence-electron chi connectivity index (χ0n) is 10.4. The van der Waals surface area contributed by atoms with Gasteiger partial charge in [-0.3, -0.25) is 4.79 Å². The Morgan fingerprint density at radius 1 is 1.20 bits per heavy atom. The van der Waals surface area contributed by atoms with E-state index in [9.17, 15) is 4.79 Å². The van der Waals surface area contributed by atoms with Crippen molar-refractivity contribution in [3.05, 3.63) is 11.6 Å². The molecule has 2 unspecified atom stereocenters. The molecule has 0 aromatic carbocycles. The van der Waals surface area contributed by atoms with Gasteiger partial charge in [0.2, 0.25) is 0 Å². The third-order valence-electron chi connectivity index (χ3n) is 2.73. The molecule has 0 aliphatic heterocycles. The minimum Gasteiger partial charge on any atom is -0.481 e. The molecule has 1 N–H and O–H groups in total. The van der Waals surface area contributed by atoms with Gasteiger partial charge in [0, 0.05) is 0 Å². The Hall–Kier alpha value is -0.790. The van der Waals surface area contributed by atoms with Crippen LogP contribution in [-0.4, -0.2) is 11.1 Å². The molecule has 2 atom stereocenters. The molecule has 0 saturated carbocycles. The highest BCUT2D eigenvalue weighted by Crippen LogP contribution is 2.17. The SMILES string of the molecule is CC(C)=CCCC(C)CCC(C)C(=O)O. The van der Waals surface area contributed by atoms with Crippen molar-refractivity contribution in [2.75, 3.05) is 0 Å². The molecule has 0 rings (SSSR count). The predicted molar refractivity (Wildman–Crippen MR) is 63.9 cm³/mol. The molecule has 2 heteroatoms. The molecule has 0 fully saturated rings. The maximum absolute atomic E-state index is 10.6. The van der Waals surface area contributed by atoms with Crippen LogP contribution in [0.5, 0.6) is 0 Å². The van der Waals surface area contributed by atoms with Crippen LogP contribution in [0.1, 0.15) is 53.4 Å². The lowest BCUT2D eigenvalue weighted by Gasteiger charge is -2.11. The van der Waals surface area contributed by atoms with E-state index in [0.717, 1.165) is 25.7 Å². The average Bonchev–Trinajstić information content (AvgIpc) is 2.13. The fourth-order valence-electron chi connectivity index (χ4n) is 1.46. The summed E-state index contributed by atoms with van der Waals surface area (Å²) in [6.45, 7) is 8.20. The first-order chi connectivity index (χ1) is 6.93. The van der Waals surface area contributed by atoms with Gasteiger partial charge >= 0.3 is 5.97 Å². The summed E-state index contributed by atoms with van der Waals surface area (Å²) >= 11 is 0. The van der Waals surface area contributed by atoms with E-state index in [1.165, 1.54) is 5.57 Å². The molecule has 0 saturated heterocycles. The molecule has 0 spiro atoms. The molecule has 2 nitrogen and oxygen atoms in total. The third-order valence-corrected chi connectivity index (χ3v) is 2.73. The van der Waals surface area contributed by atoms with Gasteiger partial charge in [0.1, 0.15) is 0 Å². The molecule has 0 amide bonds. The van der Waals surface area contributed by atoms with Crippen LogP contribution in [0.15, 0.2) is 11.6 Å². The van der Waals surface area contributed by atoms with E-state index in [0.29, 0.717) is 5.92 Å². The van der Waals surface area contributed by atoms with Gasteiger partial charge in [0.15, 0.2) is 0 Å². The summed E-state index contributed by atoms with van der Waals surface area (Å²) < 4.78 is 0. The van der Waals surface area contributed by atoms with Gasteiger partial charge in [-0.1, -0.05) is 25.5 Å². The summed E-state index contributed by atoms with van der Waals surface area (Å²) in [5.74, 6) is -0.246. The van der Waals surface area contributed by atoms with E-state index in [1.807, 2.05) is 0 Å². The zero-order valence-corrected chi connectivity index (χ0v) is 10.4. The van der Waals surface area contributed by atoms with Crippen LogP contribution in [0, 0.1) is 11.8 Å². The van der Waals surface area contributed by atoms with Crippen molar-refractivity contribution in [2.24, 2.45) is 11.8 Å². The number of carboxylic acid groups (broad SMARTS) is 1. The van der Waals surface area contributed by atoms with Gasteiger partial charge < -0.3 is 5.11 Å². The second kappa shape index (κ2) is 7.49. The lowest BCUT2D eigenvalue weighted by Crippen LogP contribution is -2.10. The first-order valence-electron chi connectivity index (χ1n) is 5.79. The van der Waals surface area contributed by atoms with Crippen molar-refractivity contribution in [3.8, 4) is 0 Å². The van der Waals surface area contributed by atoms with E-state index in [4.69, 9.17) is 5.11 Å². The van der Waals surface area contributed by atoms with Gasteiger partial charge in [-0.15, -0.1) is 0 Å². The number of aliphatic carboxylic acids is 1. The number of carbonyl (C=O) groups is 1. The maximum Gasteiger partial charge on any atom is 0.306 e. The van der Waals surface area contributed by atoms with Crippen molar-refractivity contribution >= 4 is 5.97 Å². The smallest absolute Gasteiger partial charge is 0.306 e. The van der Waals surface area contributed by atoms with Crippen LogP contribution in [-0.2, 0) is 4.79 Å². The molecule has 0 radical (unpaired) electrons. The summed E-state index contributed by atoms with van der Waals surface area (Å²) in [6.07, 6.45) is 6.34. The van der Waals surface area contributed by atoms with Crippen LogP contribution in [0.2, 0.25) is 0 Å². The number of hydrogen-bond acceptors (Lipinski definition) is 1. The molecule has 0 aliphatic rings. The highest BCUT2D eigenvalue weighted by atomic mass is 16.4. The van der Waals surface area contributed by atoms with Gasteiger partial charge in [-0.05, 0) is 45.4 Å². The fraction of sp³-hybridized carbons (Fsp3) is 0.769. The summed E-state index contributed by atoms with van der Waals surface area (Å²) in [4.78, 5) is 10.6. The summed E-state index contributed by atoms with van der Waals surface area (Å²) in [7, 11) is 0. The Bertz CT molecular complexity index is 215. The molecule has 15 heavy (non-hydrogen) atoms. The lowest BCUT2D eigenvalue weighted by molar-refractivity contribution is -0.141. The Morgan fingerprint density at radius 2 is 1.80 bits per heavy atom. The summed E-state index contributed by atoms with van der Waals surface area (Å²) in [6, 6.07) is 0. The number of carboxylic acids is 1. The minimum atomic E-state index is -0.675. The topological polar surface area (TPSA) is 37.3 Å². The van der Waals surface area contributed by atoms with Crippen molar-refractivity contribution < 1.29 is 9.90 Å². The summed E-state index contributed by atoms with van der Waals surface area (Å²) in [5, 5.41) is 8.73. The predicted octanol–water partition coefficient (Wildman–Crippen LogP) is 3.87. The Labute approximate surface area is 93.4 Å². The lowest BCUT2D eigenvalue weighted by atomic mass is 9.94. The quantitative estimate of drug-likeness (QED) is 0.650. The van der Waals surface area contributed by atoms with E-state index in [2.05, 4.69) is 26.8 Å². The number of allylic oxidation sites excluding steroid dienone is 2. The van der Waals surface area contributed by atoms with E-state index in [1.54, 1.807) is 6.92 Å². The van der Waals surface area contributed by atoms with Crippen molar-refractivity contribution in [1.82, 2.24) is 0 Å². The average molecular weight is 212 g/mol. The molecular formula is C13H24O2.